The molecule has 0 atom stereocenters. The Bertz CT molecular complexity index is 203. The van der Waals surface area contributed by atoms with Crippen molar-refractivity contribution in [2.45, 2.75) is 13.8 Å². The lowest BCUT2D eigenvalue weighted by Gasteiger charge is -1.94. The van der Waals surface area contributed by atoms with Gasteiger partial charge < -0.3 is 9.72 Å². The number of hydrogen-bond donors (Lipinski definition) is 1. The first-order chi connectivity index (χ1) is 4.25. The van der Waals surface area contributed by atoms with Crippen LogP contribution in [0.4, 0.5) is 0 Å². The summed E-state index contributed by atoms with van der Waals surface area (Å²) >= 11 is 0. The summed E-state index contributed by atoms with van der Waals surface area (Å²) in [6, 6.07) is 0. The molecule has 0 amide bonds. The fourth-order valence-electron chi connectivity index (χ4n) is 0.787. The zero-order valence-electron chi connectivity index (χ0n) is 5.99. The maximum Gasteiger partial charge on any atom is 0.139 e. The van der Waals surface area contributed by atoms with E-state index in [4.69, 9.17) is 4.74 Å². The molecule has 1 aromatic rings. The highest BCUT2D eigenvalue weighted by atomic mass is 16.5. The van der Waals surface area contributed by atoms with Gasteiger partial charge in [0.15, 0.2) is 0 Å². The minimum atomic E-state index is 0.938. The molecule has 9 heavy (non-hydrogen) atoms. The van der Waals surface area contributed by atoms with Gasteiger partial charge in [-0.2, -0.15) is 0 Å². The topological polar surface area (TPSA) is 25.0 Å². The van der Waals surface area contributed by atoms with Crippen LogP contribution in [0.2, 0.25) is 0 Å². The molecular weight excluding hydrogens is 114 g/mol. The molecule has 1 rings (SSSR count). The number of methoxy groups -OCH3 is 1. The van der Waals surface area contributed by atoms with Gasteiger partial charge in [-0.1, -0.05) is 0 Å². The van der Waals surface area contributed by atoms with E-state index in [0.29, 0.717) is 0 Å². The minimum Gasteiger partial charge on any atom is -0.495 e. The Morgan fingerprint density at radius 2 is 2.11 bits per heavy atom. The lowest BCUT2D eigenvalue weighted by atomic mass is 10.3. The second-order valence-electron chi connectivity index (χ2n) is 2.11. The molecule has 0 saturated heterocycles. The lowest BCUT2D eigenvalue weighted by Crippen LogP contribution is -1.81. The van der Waals surface area contributed by atoms with E-state index in [1.807, 2.05) is 20.0 Å². The van der Waals surface area contributed by atoms with Gasteiger partial charge in [-0.05, 0) is 13.8 Å². The molecule has 2 nitrogen and oxygen atoms in total. The molecule has 0 fully saturated rings. The Morgan fingerprint density at radius 1 is 1.44 bits per heavy atom. The molecule has 1 aromatic heterocycles. The number of nitrogens with one attached hydrogen (secondary N) is 1. The second kappa shape index (κ2) is 2.13. The van der Waals surface area contributed by atoms with Gasteiger partial charge in [0.2, 0.25) is 0 Å². The van der Waals surface area contributed by atoms with Crippen molar-refractivity contribution >= 4 is 0 Å². The molecule has 0 unspecified atom stereocenters. The summed E-state index contributed by atoms with van der Waals surface area (Å²) < 4.78 is 5.03. The Hall–Kier alpha value is -0.920. The van der Waals surface area contributed by atoms with Gasteiger partial charge in [0.05, 0.1) is 7.11 Å². The fraction of sp³-hybridized carbons (Fsp3) is 0.429. The van der Waals surface area contributed by atoms with Crippen LogP contribution >= 0.6 is 0 Å². The van der Waals surface area contributed by atoms with Crippen LogP contribution in [0.25, 0.3) is 0 Å². The number of aryl methyl sites for hydroxylation is 1. The quantitative estimate of drug-likeness (QED) is 0.606. The lowest BCUT2D eigenvalue weighted by molar-refractivity contribution is 0.412. The molecule has 0 aromatic carbocycles. The van der Waals surface area contributed by atoms with Crippen molar-refractivity contribution in [3.05, 3.63) is 17.5 Å². The van der Waals surface area contributed by atoms with Crippen LogP contribution in [-0.4, -0.2) is 12.1 Å². The summed E-state index contributed by atoms with van der Waals surface area (Å²) in [4.78, 5) is 3.06. The maximum atomic E-state index is 5.03. The molecule has 0 aliphatic rings. The molecular formula is C7H11NO. The molecule has 0 bridgehead atoms. The van der Waals surface area contributed by atoms with Crippen molar-refractivity contribution in [3.8, 4) is 5.75 Å². The van der Waals surface area contributed by atoms with Gasteiger partial charge in [0.25, 0.3) is 0 Å². The highest BCUT2D eigenvalue weighted by Crippen LogP contribution is 2.18. The Balaban J connectivity index is 3.04. The van der Waals surface area contributed by atoms with Gasteiger partial charge in [0, 0.05) is 17.5 Å². The number of H-pyrrole nitrogens is 1. The average molecular weight is 125 g/mol. The van der Waals surface area contributed by atoms with Crippen LogP contribution in [0.5, 0.6) is 5.75 Å². The zero-order valence-corrected chi connectivity index (χ0v) is 5.99. The molecule has 2 heteroatoms. The predicted octanol–water partition coefficient (Wildman–Crippen LogP) is 1.64. The van der Waals surface area contributed by atoms with Crippen molar-refractivity contribution in [1.29, 1.82) is 0 Å². The SMILES string of the molecule is COc1c[nH]c(C)c1C. The Kier molecular flexibility index (Phi) is 1.47. The van der Waals surface area contributed by atoms with E-state index in [9.17, 15) is 0 Å². The third-order valence-electron chi connectivity index (χ3n) is 1.57. The van der Waals surface area contributed by atoms with Gasteiger partial charge >= 0.3 is 0 Å². The van der Waals surface area contributed by atoms with Crippen molar-refractivity contribution in [1.82, 2.24) is 4.98 Å². The molecule has 0 aliphatic heterocycles. The Morgan fingerprint density at radius 3 is 2.33 bits per heavy atom. The van der Waals surface area contributed by atoms with E-state index >= 15 is 0 Å². The third kappa shape index (κ3) is 0.922. The summed E-state index contributed by atoms with van der Waals surface area (Å²) in [5.41, 5.74) is 2.37. The molecule has 0 aliphatic carbocycles. The van der Waals surface area contributed by atoms with Crippen LogP contribution in [0.3, 0.4) is 0 Å². The zero-order chi connectivity index (χ0) is 6.85. The van der Waals surface area contributed by atoms with Crippen molar-refractivity contribution < 1.29 is 4.74 Å². The van der Waals surface area contributed by atoms with Crippen molar-refractivity contribution in [3.63, 3.8) is 0 Å². The number of aromatic nitrogens is 1. The Labute approximate surface area is 54.8 Å². The minimum absolute atomic E-state index is 0.938. The van der Waals surface area contributed by atoms with E-state index in [0.717, 1.165) is 5.75 Å². The molecule has 0 spiro atoms. The van der Waals surface area contributed by atoms with Gasteiger partial charge in [-0.15, -0.1) is 0 Å². The van der Waals surface area contributed by atoms with E-state index in [1.165, 1.54) is 11.3 Å². The largest absolute Gasteiger partial charge is 0.495 e. The monoisotopic (exact) mass is 125 g/mol. The number of ether oxygens (including phenoxy) is 1. The number of rotatable bonds is 1. The van der Waals surface area contributed by atoms with Crippen LogP contribution in [0.15, 0.2) is 6.20 Å². The van der Waals surface area contributed by atoms with E-state index in [1.54, 1.807) is 7.11 Å². The summed E-state index contributed by atoms with van der Waals surface area (Å²) in [6.45, 7) is 4.06. The van der Waals surface area contributed by atoms with E-state index in [-0.39, 0.29) is 0 Å². The third-order valence-corrected chi connectivity index (χ3v) is 1.57. The first-order valence-corrected chi connectivity index (χ1v) is 2.94. The maximum absolute atomic E-state index is 5.03. The van der Waals surface area contributed by atoms with Crippen LogP contribution in [0.1, 0.15) is 11.3 Å². The van der Waals surface area contributed by atoms with Gasteiger partial charge in [-0.3, -0.25) is 0 Å². The molecule has 0 saturated carbocycles. The molecule has 1 N–H and O–H groups in total. The highest BCUT2D eigenvalue weighted by Gasteiger charge is 2.00. The van der Waals surface area contributed by atoms with Crippen LogP contribution in [0, 0.1) is 13.8 Å². The number of hydrogen-bond acceptors (Lipinski definition) is 1. The standard InChI is InChI=1S/C7H11NO/c1-5-6(2)8-4-7(5)9-3/h4,8H,1-3H3. The summed E-state index contributed by atoms with van der Waals surface area (Å²) in [5.74, 6) is 0.938. The first-order valence-electron chi connectivity index (χ1n) is 2.94. The van der Waals surface area contributed by atoms with Crippen LogP contribution in [-0.2, 0) is 0 Å². The molecule has 50 valence electrons. The second-order valence-corrected chi connectivity index (χ2v) is 2.11. The van der Waals surface area contributed by atoms with Gasteiger partial charge in [0.1, 0.15) is 5.75 Å². The summed E-state index contributed by atoms with van der Waals surface area (Å²) in [5, 5.41) is 0. The molecule has 1 heterocycles. The number of aromatic amines is 1. The predicted molar refractivity (Wildman–Crippen MR) is 36.8 cm³/mol. The molecule has 0 radical (unpaired) electrons. The van der Waals surface area contributed by atoms with Crippen LogP contribution < -0.4 is 4.74 Å². The highest BCUT2D eigenvalue weighted by molar-refractivity contribution is 5.34. The first kappa shape index (κ1) is 6.20. The normalized spacial score (nSPS) is 9.67. The van der Waals surface area contributed by atoms with Crippen molar-refractivity contribution in [2.24, 2.45) is 0 Å². The fourth-order valence-corrected chi connectivity index (χ4v) is 0.787. The van der Waals surface area contributed by atoms with E-state index < -0.39 is 0 Å². The van der Waals surface area contributed by atoms with E-state index in [2.05, 4.69) is 4.98 Å². The smallest absolute Gasteiger partial charge is 0.139 e. The van der Waals surface area contributed by atoms with Gasteiger partial charge in [-0.25, -0.2) is 0 Å². The summed E-state index contributed by atoms with van der Waals surface area (Å²) in [7, 11) is 1.68. The summed E-state index contributed by atoms with van der Waals surface area (Å²) in [6.07, 6.45) is 1.87. The van der Waals surface area contributed by atoms with Crippen molar-refractivity contribution in [2.75, 3.05) is 7.11 Å². The average Bonchev–Trinajstić information content (AvgIpc) is 2.15.